The van der Waals surface area contributed by atoms with E-state index in [2.05, 4.69) is 23.8 Å². The molecule has 2 aromatic rings. The zero-order valence-electron chi connectivity index (χ0n) is 18.6. The molecule has 0 spiro atoms. The topological polar surface area (TPSA) is 78.9 Å². The van der Waals surface area contributed by atoms with Crippen LogP contribution in [0.3, 0.4) is 0 Å². The van der Waals surface area contributed by atoms with E-state index < -0.39 is 0 Å². The summed E-state index contributed by atoms with van der Waals surface area (Å²) in [5, 5.41) is 0.641. The van der Waals surface area contributed by atoms with E-state index >= 15 is 0 Å². The maximum Gasteiger partial charge on any atom is 0.263 e. The Kier molecular flexibility index (Phi) is 7.37. The predicted molar refractivity (Wildman–Crippen MR) is 123 cm³/mol. The number of hydrogen-bond donors (Lipinski definition) is 0. The van der Waals surface area contributed by atoms with Crippen LogP contribution in [0, 0.1) is 5.92 Å². The molecule has 1 unspecified atom stereocenters. The monoisotopic (exact) mass is 443 g/mol. The van der Waals surface area contributed by atoms with Crippen LogP contribution in [0.25, 0.3) is 0 Å². The fraction of sp³-hybridized carbons (Fsp3) is 0.455. The van der Waals surface area contributed by atoms with Gasteiger partial charge >= 0.3 is 0 Å². The number of anilines is 2. The Morgan fingerprint density at radius 1 is 1.32 bits per heavy atom. The molecule has 9 heteroatoms. The van der Waals surface area contributed by atoms with Crippen molar-refractivity contribution in [3.8, 4) is 5.75 Å². The van der Waals surface area contributed by atoms with Gasteiger partial charge in [-0.25, -0.2) is 9.97 Å². The first-order valence-electron chi connectivity index (χ1n) is 10.2. The fourth-order valence-corrected chi connectivity index (χ4v) is 3.69. The zero-order chi connectivity index (χ0) is 22.5. The number of aromatic nitrogens is 2. The van der Waals surface area contributed by atoms with Crippen molar-refractivity contribution in [2.24, 2.45) is 5.92 Å². The third kappa shape index (κ3) is 5.28. The Morgan fingerprint density at radius 2 is 2.10 bits per heavy atom. The maximum absolute atomic E-state index is 13.3. The number of fused-ring (bicyclic) bond motifs is 1. The molecule has 1 aromatic heterocycles. The average molecular weight is 444 g/mol. The second kappa shape index (κ2) is 10.00. The molecule has 2 heterocycles. The molecule has 1 aliphatic rings. The number of carbonyl (C=O) groups is 2. The predicted octanol–water partition coefficient (Wildman–Crippen LogP) is 2.79. The third-order valence-electron chi connectivity index (χ3n) is 5.23. The maximum atomic E-state index is 13.3. The van der Waals surface area contributed by atoms with Gasteiger partial charge in [-0.05, 0) is 24.3 Å². The van der Waals surface area contributed by atoms with Crippen LogP contribution < -0.4 is 14.5 Å². The number of ether oxygens (including phenoxy) is 1. The largest absolute Gasteiger partial charge is 0.488 e. The molecule has 0 aliphatic carbocycles. The summed E-state index contributed by atoms with van der Waals surface area (Å²) in [6.07, 6.45) is 4.16. The minimum Gasteiger partial charge on any atom is -0.488 e. The summed E-state index contributed by atoms with van der Waals surface area (Å²) < 4.78 is 6.19. The van der Waals surface area contributed by atoms with Crippen molar-refractivity contribution >= 4 is 35.6 Å². The molecule has 8 nitrogen and oxygen atoms in total. The number of carbonyl (C=O) groups excluding carboxylic acids is 2. The number of benzene rings is 1. The van der Waals surface area contributed by atoms with Crippen molar-refractivity contribution in [3.63, 3.8) is 0 Å². The van der Waals surface area contributed by atoms with Crippen molar-refractivity contribution in [1.82, 2.24) is 14.9 Å². The summed E-state index contributed by atoms with van der Waals surface area (Å²) in [6.45, 7) is 5.77. The van der Waals surface area contributed by atoms with E-state index in [1.165, 1.54) is 11.8 Å². The first-order chi connectivity index (χ1) is 14.8. The molecule has 1 aliphatic heterocycles. The molecular weight excluding hydrogens is 414 g/mol. The number of nitrogens with zero attached hydrogens (tertiary/aromatic N) is 5. The van der Waals surface area contributed by atoms with Crippen LogP contribution in [-0.4, -0.2) is 73.3 Å². The number of thioether (sulfide) groups is 1. The molecule has 0 saturated heterocycles. The second-order valence-corrected chi connectivity index (χ2v) is 8.69. The van der Waals surface area contributed by atoms with Gasteiger partial charge in [0.1, 0.15) is 23.2 Å². The molecule has 0 radical (unpaired) electrons. The average Bonchev–Trinajstić information content (AvgIpc) is 2.89. The summed E-state index contributed by atoms with van der Waals surface area (Å²) in [4.78, 5) is 38.5. The van der Waals surface area contributed by atoms with Crippen molar-refractivity contribution in [3.05, 3.63) is 36.0 Å². The van der Waals surface area contributed by atoms with Crippen molar-refractivity contribution in [2.75, 3.05) is 49.8 Å². The van der Waals surface area contributed by atoms with Gasteiger partial charge in [-0.3, -0.25) is 9.59 Å². The van der Waals surface area contributed by atoms with Gasteiger partial charge in [0.25, 0.3) is 5.91 Å². The number of likely N-dealkylation sites (N-methyl/N-ethyl adjacent to an activating group) is 2. The summed E-state index contributed by atoms with van der Waals surface area (Å²) in [7, 11) is 3.67. The zero-order valence-corrected chi connectivity index (χ0v) is 19.4. The van der Waals surface area contributed by atoms with Gasteiger partial charge in [0.15, 0.2) is 5.16 Å². The van der Waals surface area contributed by atoms with Crippen LogP contribution in [0.4, 0.5) is 11.5 Å². The molecule has 1 aromatic carbocycles. The Morgan fingerprint density at radius 3 is 2.77 bits per heavy atom. The number of amides is 2. The first kappa shape index (κ1) is 22.9. The van der Waals surface area contributed by atoms with Gasteiger partial charge in [-0.1, -0.05) is 31.7 Å². The molecular formula is C22H29N5O3S. The first-order valence-corrected chi connectivity index (χ1v) is 11.4. The highest BCUT2D eigenvalue weighted by Gasteiger charge is 2.28. The highest BCUT2D eigenvalue weighted by Crippen LogP contribution is 2.29. The Balaban J connectivity index is 1.87. The Bertz CT molecular complexity index is 939. The standard InChI is InChI=1S/C22H29N5O3S/c1-15(2)19(13-25(3)14-28)30-17-8-6-7-16(11-17)27-10-9-26(4)20-18(21(27)29)12-23-22(24-20)31-5/h6-8,11-12,14-15,19H,9-10,13H2,1-5H3. The second-order valence-electron chi connectivity index (χ2n) is 7.91. The van der Waals surface area contributed by atoms with Crippen molar-refractivity contribution < 1.29 is 14.3 Å². The molecule has 0 fully saturated rings. The summed E-state index contributed by atoms with van der Waals surface area (Å²) in [5.41, 5.74) is 1.24. The quantitative estimate of drug-likeness (QED) is 0.353. The molecule has 2 amide bonds. The van der Waals surface area contributed by atoms with E-state index in [-0.39, 0.29) is 17.9 Å². The smallest absolute Gasteiger partial charge is 0.263 e. The van der Waals surface area contributed by atoms with E-state index in [9.17, 15) is 9.59 Å². The third-order valence-corrected chi connectivity index (χ3v) is 5.80. The van der Waals surface area contributed by atoms with Gasteiger partial charge in [0.05, 0.1) is 6.54 Å². The molecule has 0 N–H and O–H groups in total. The van der Waals surface area contributed by atoms with Gasteiger partial charge in [0, 0.05) is 45.1 Å². The highest BCUT2D eigenvalue weighted by molar-refractivity contribution is 7.98. The lowest BCUT2D eigenvalue weighted by Gasteiger charge is -2.27. The SMILES string of the molecule is CSc1ncc2c(n1)N(C)CCN(c1cccc(OC(CN(C)C=O)C(C)C)c1)C2=O. The van der Waals surface area contributed by atoms with E-state index in [1.807, 2.05) is 42.5 Å². The van der Waals surface area contributed by atoms with E-state index in [1.54, 1.807) is 23.0 Å². The van der Waals surface area contributed by atoms with Gasteiger partial charge in [-0.15, -0.1) is 0 Å². The van der Waals surface area contributed by atoms with E-state index in [4.69, 9.17) is 4.74 Å². The lowest BCUT2D eigenvalue weighted by atomic mass is 10.1. The van der Waals surface area contributed by atoms with Crippen molar-refractivity contribution in [1.29, 1.82) is 0 Å². The van der Waals surface area contributed by atoms with Crippen LogP contribution in [0.5, 0.6) is 5.75 Å². The number of hydrogen-bond acceptors (Lipinski definition) is 7. The molecule has 1 atom stereocenters. The van der Waals surface area contributed by atoms with Crippen LogP contribution in [-0.2, 0) is 4.79 Å². The molecule has 0 bridgehead atoms. The molecule has 166 valence electrons. The summed E-state index contributed by atoms with van der Waals surface area (Å²) in [5.74, 6) is 1.39. The highest BCUT2D eigenvalue weighted by atomic mass is 32.2. The van der Waals surface area contributed by atoms with Crippen LogP contribution in [0.2, 0.25) is 0 Å². The van der Waals surface area contributed by atoms with Gasteiger partial charge < -0.3 is 19.4 Å². The van der Waals surface area contributed by atoms with Crippen molar-refractivity contribution in [2.45, 2.75) is 25.1 Å². The van der Waals surface area contributed by atoms with E-state index in [0.29, 0.717) is 41.9 Å². The lowest BCUT2D eigenvalue weighted by molar-refractivity contribution is -0.118. The normalized spacial score (nSPS) is 14.8. The molecule has 3 rings (SSSR count). The van der Waals surface area contributed by atoms with Gasteiger partial charge in [-0.2, -0.15) is 0 Å². The summed E-state index contributed by atoms with van der Waals surface area (Å²) >= 11 is 1.45. The minimum absolute atomic E-state index is 0.134. The van der Waals surface area contributed by atoms with Gasteiger partial charge in [0.2, 0.25) is 6.41 Å². The Hall–Kier alpha value is -2.81. The molecule has 0 saturated carbocycles. The fourth-order valence-electron chi connectivity index (χ4n) is 3.36. The lowest BCUT2D eigenvalue weighted by Crippen LogP contribution is -2.36. The van der Waals surface area contributed by atoms with Crippen LogP contribution in [0.1, 0.15) is 24.2 Å². The van der Waals surface area contributed by atoms with E-state index in [0.717, 1.165) is 12.1 Å². The minimum atomic E-state index is -0.157. The van der Waals surface area contributed by atoms with Crippen LogP contribution >= 0.6 is 11.8 Å². The summed E-state index contributed by atoms with van der Waals surface area (Å²) in [6, 6.07) is 7.52. The molecule has 31 heavy (non-hydrogen) atoms. The number of rotatable bonds is 8. The Labute approximate surface area is 187 Å². The van der Waals surface area contributed by atoms with Crippen LogP contribution in [0.15, 0.2) is 35.6 Å².